The number of anilines is 5. The van der Waals surface area contributed by atoms with Crippen LogP contribution in [0.15, 0.2) is 60.1 Å². The molecule has 1 heterocycles. The molecule has 15 heteroatoms. The second-order valence-corrected chi connectivity index (χ2v) is 11.8. The number of nitrogens with one attached hydrogen (secondary N) is 4. The molecule has 0 bridgehead atoms. The predicted molar refractivity (Wildman–Crippen MR) is 170 cm³/mol. The molecule has 1 aromatic heterocycles. The smallest absolute Gasteiger partial charge is 0.243 e. The molecule has 0 aliphatic heterocycles. The highest BCUT2D eigenvalue weighted by Gasteiger charge is 2.27. The quantitative estimate of drug-likeness (QED) is 0.171. The first-order chi connectivity index (χ1) is 21.6. The number of sulfonamides is 1. The molecule has 1 aliphatic rings. The number of nitrogens with two attached hydrogens (primary N) is 1. The molecule has 1 saturated carbocycles. The fourth-order valence-electron chi connectivity index (χ4n) is 5.14. The SMILES string of the molecule is C=CC(=O)NCC1CCC(C(=O)Nc2cc(Nc3nccc(Nc4cccc(OC)c4S(N)(=O)=O)n3)c(OC)c(OC)c2)CC1. The third kappa shape index (κ3) is 8.39. The van der Waals surface area contributed by atoms with Crippen molar-refractivity contribution in [2.75, 3.05) is 43.8 Å². The van der Waals surface area contributed by atoms with Crippen molar-refractivity contribution in [3.8, 4) is 17.2 Å². The highest BCUT2D eigenvalue weighted by molar-refractivity contribution is 7.89. The molecular formula is C30H37N7O7S. The largest absolute Gasteiger partial charge is 0.495 e. The molecule has 0 radical (unpaired) electrons. The molecule has 0 atom stereocenters. The van der Waals surface area contributed by atoms with E-state index in [1.54, 1.807) is 24.3 Å². The van der Waals surface area contributed by atoms with Crippen LogP contribution in [0.4, 0.5) is 28.8 Å². The molecule has 6 N–H and O–H groups in total. The topological polar surface area (TPSA) is 196 Å². The Morgan fingerprint density at radius 1 is 1.00 bits per heavy atom. The average Bonchev–Trinajstić information content (AvgIpc) is 3.03. The van der Waals surface area contributed by atoms with Crippen LogP contribution in [0.25, 0.3) is 0 Å². The third-order valence-corrected chi connectivity index (χ3v) is 8.35. The van der Waals surface area contributed by atoms with Gasteiger partial charge in [-0.1, -0.05) is 12.6 Å². The lowest BCUT2D eigenvalue weighted by molar-refractivity contribution is -0.121. The van der Waals surface area contributed by atoms with E-state index < -0.39 is 10.0 Å². The summed E-state index contributed by atoms with van der Waals surface area (Å²) in [5, 5.41) is 17.3. The van der Waals surface area contributed by atoms with Crippen LogP contribution in [0.3, 0.4) is 0 Å². The van der Waals surface area contributed by atoms with E-state index in [-0.39, 0.29) is 45.8 Å². The Kier molecular flexibility index (Phi) is 10.8. The molecule has 14 nitrogen and oxygen atoms in total. The van der Waals surface area contributed by atoms with Crippen molar-refractivity contribution in [3.63, 3.8) is 0 Å². The van der Waals surface area contributed by atoms with Crippen molar-refractivity contribution < 1.29 is 32.2 Å². The number of ether oxygens (including phenoxy) is 3. The summed E-state index contributed by atoms with van der Waals surface area (Å²) in [5.74, 6) is 1.03. The Hall–Kier alpha value is -4.89. The number of methoxy groups -OCH3 is 3. The molecule has 0 spiro atoms. The zero-order valence-electron chi connectivity index (χ0n) is 25.3. The Morgan fingerprint density at radius 3 is 2.38 bits per heavy atom. The van der Waals surface area contributed by atoms with Gasteiger partial charge in [-0.2, -0.15) is 4.98 Å². The first kappa shape index (κ1) is 33.0. The minimum absolute atomic E-state index is 0.0793. The van der Waals surface area contributed by atoms with E-state index >= 15 is 0 Å². The molecule has 45 heavy (non-hydrogen) atoms. The normalized spacial score (nSPS) is 16.2. The first-order valence-electron chi connectivity index (χ1n) is 14.1. The van der Waals surface area contributed by atoms with E-state index in [0.29, 0.717) is 48.2 Å². The summed E-state index contributed by atoms with van der Waals surface area (Å²) in [4.78, 5) is 33.2. The summed E-state index contributed by atoms with van der Waals surface area (Å²) in [6, 6.07) is 9.52. The van der Waals surface area contributed by atoms with E-state index in [4.69, 9.17) is 19.3 Å². The lowest BCUT2D eigenvalue weighted by atomic mass is 9.81. The number of benzene rings is 2. The van der Waals surface area contributed by atoms with Gasteiger partial charge in [0.15, 0.2) is 11.5 Å². The van der Waals surface area contributed by atoms with Crippen molar-refractivity contribution in [1.82, 2.24) is 15.3 Å². The highest BCUT2D eigenvalue weighted by atomic mass is 32.2. The second kappa shape index (κ2) is 14.7. The van der Waals surface area contributed by atoms with Gasteiger partial charge in [0.1, 0.15) is 16.5 Å². The number of hydrogen-bond acceptors (Lipinski definition) is 11. The van der Waals surface area contributed by atoms with Crippen molar-refractivity contribution in [1.29, 1.82) is 0 Å². The molecule has 3 aromatic rings. The fourth-order valence-corrected chi connectivity index (χ4v) is 5.99. The van der Waals surface area contributed by atoms with E-state index in [9.17, 15) is 18.0 Å². The minimum atomic E-state index is -4.13. The summed E-state index contributed by atoms with van der Waals surface area (Å²) in [6.07, 6.45) is 5.78. The Bertz CT molecular complexity index is 1660. The maximum atomic E-state index is 13.2. The van der Waals surface area contributed by atoms with Gasteiger partial charge in [0.25, 0.3) is 0 Å². The van der Waals surface area contributed by atoms with Gasteiger partial charge in [-0.05, 0) is 61.9 Å². The van der Waals surface area contributed by atoms with Crippen molar-refractivity contribution in [3.05, 3.63) is 55.3 Å². The number of aromatic nitrogens is 2. The summed E-state index contributed by atoms with van der Waals surface area (Å²) in [7, 11) is 0.175. The molecule has 0 unspecified atom stereocenters. The number of hydrogen-bond donors (Lipinski definition) is 5. The zero-order valence-corrected chi connectivity index (χ0v) is 26.1. The van der Waals surface area contributed by atoms with Crippen LogP contribution in [0.1, 0.15) is 25.7 Å². The number of primary sulfonamides is 1. The Labute approximate surface area is 261 Å². The van der Waals surface area contributed by atoms with Crippen LogP contribution in [0.5, 0.6) is 17.2 Å². The molecule has 2 amide bonds. The van der Waals surface area contributed by atoms with E-state index in [2.05, 4.69) is 37.8 Å². The summed E-state index contributed by atoms with van der Waals surface area (Å²) in [6.45, 7) is 4.03. The van der Waals surface area contributed by atoms with Crippen molar-refractivity contribution >= 4 is 50.7 Å². The highest BCUT2D eigenvalue weighted by Crippen LogP contribution is 2.40. The molecular weight excluding hydrogens is 602 g/mol. The van der Waals surface area contributed by atoms with Crippen LogP contribution in [0.2, 0.25) is 0 Å². The number of carbonyl (C=O) groups excluding carboxylic acids is 2. The average molecular weight is 640 g/mol. The molecule has 1 fully saturated rings. The Morgan fingerprint density at radius 2 is 1.73 bits per heavy atom. The number of carbonyl (C=O) groups is 2. The molecule has 240 valence electrons. The molecule has 2 aromatic carbocycles. The van der Waals surface area contributed by atoms with E-state index in [0.717, 1.165) is 12.8 Å². The number of rotatable bonds is 13. The van der Waals surface area contributed by atoms with Crippen molar-refractivity contribution in [2.24, 2.45) is 17.0 Å². The lowest BCUT2D eigenvalue weighted by Gasteiger charge is -2.28. The van der Waals surface area contributed by atoms with Crippen LogP contribution in [-0.2, 0) is 19.6 Å². The van der Waals surface area contributed by atoms with E-state index in [1.165, 1.54) is 45.7 Å². The fraction of sp³-hybridized carbons (Fsp3) is 0.333. The van der Waals surface area contributed by atoms with Gasteiger partial charge in [-0.25, -0.2) is 18.5 Å². The van der Waals surface area contributed by atoms with Crippen LogP contribution in [-0.4, -0.2) is 58.1 Å². The maximum Gasteiger partial charge on any atom is 0.243 e. The Balaban J connectivity index is 1.51. The summed E-state index contributed by atoms with van der Waals surface area (Å²) >= 11 is 0. The van der Waals surface area contributed by atoms with Crippen LogP contribution >= 0.6 is 0 Å². The van der Waals surface area contributed by atoms with E-state index in [1.807, 2.05) is 0 Å². The first-order valence-corrected chi connectivity index (χ1v) is 15.6. The lowest BCUT2D eigenvalue weighted by Crippen LogP contribution is -2.33. The third-order valence-electron chi connectivity index (χ3n) is 7.36. The molecule has 1 aliphatic carbocycles. The van der Waals surface area contributed by atoms with Gasteiger partial charge in [-0.3, -0.25) is 9.59 Å². The van der Waals surface area contributed by atoms with Crippen LogP contribution < -0.4 is 40.6 Å². The molecule has 4 rings (SSSR count). The van der Waals surface area contributed by atoms with Crippen molar-refractivity contribution in [2.45, 2.75) is 30.6 Å². The van der Waals surface area contributed by atoms with Gasteiger partial charge >= 0.3 is 0 Å². The van der Waals surface area contributed by atoms with Gasteiger partial charge < -0.3 is 35.5 Å². The zero-order chi connectivity index (χ0) is 32.6. The van der Waals surface area contributed by atoms with Gasteiger partial charge in [-0.15, -0.1) is 0 Å². The van der Waals surface area contributed by atoms with Gasteiger partial charge in [0.05, 0.1) is 32.7 Å². The summed E-state index contributed by atoms with van der Waals surface area (Å²) in [5.41, 5.74) is 1.06. The second-order valence-electron chi connectivity index (χ2n) is 10.3. The van der Waals surface area contributed by atoms with Crippen LogP contribution in [0, 0.1) is 11.8 Å². The number of nitrogens with zero attached hydrogens (tertiary/aromatic N) is 2. The van der Waals surface area contributed by atoms with Gasteiger partial charge in [0, 0.05) is 30.4 Å². The van der Waals surface area contributed by atoms with Gasteiger partial charge in [0.2, 0.25) is 27.8 Å². The minimum Gasteiger partial charge on any atom is -0.495 e. The number of amides is 2. The standard InChI is InChI=1S/C30H37N7O7S/c1-5-26(38)33-17-18-9-11-19(12-10-18)29(39)34-20-15-22(27(44-4)24(16-20)43-3)36-30-32-14-13-25(37-30)35-21-7-6-8-23(42-2)28(21)45(31,40)41/h5-8,13-16,18-19H,1,9-12,17H2,2-4H3,(H,33,38)(H,34,39)(H2,31,40,41)(H2,32,35,36,37). The summed E-state index contributed by atoms with van der Waals surface area (Å²) < 4.78 is 40.9. The monoisotopic (exact) mass is 639 g/mol. The maximum absolute atomic E-state index is 13.2. The molecule has 0 saturated heterocycles. The predicted octanol–water partition coefficient (Wildman–Crippen LogP) is 3.68.